The fourth-order valence-electron chi connectivity index (χ4n) is 2.54. The van der Waals surface area contributed by atoms with Crippen LogP contribution in [0.3, 0.4) is 0 Å². The molecule has 20 heavy (non-hydrogen) atoms. The first kappa shape index (κ1) is 13.0. The van der Waals surface area contributed by atoms with E-state index >= 15 is 0 Å². The average Bonchev–Trinajstić information content (AvgIpc) is 2.82. The maximum absolute atomic E-state index is 13.7. The number of hydrogen-bond donors (Lipinski definition) is 1. The van der Waals surface area contributed by atoms with Gasteiger partial charge in [0.1, 0.15) is 0 Å². The fraction of sp³-hybridized carbons (Fsp3) is 0.417. The summed E-state index contributed by atoms with van der Waals surface area (Å²) in [4.78, 5) is 11.2. The summed E-state index contributed by atoms with van der Waals surface area (Å²) >= 11 is 0. The number of carboxylic acids is 1. The monoisotopic (exact) mass is 292 g/mol. The van der Waals surface area contributed by atoms with Crippen molar-refractivity contribution in [3.05, 3.63) is 23.8 Å². The summed E-state index contributed by atoms with van der Waals surface area (Å²) in [7, 11) is 0. The van der Waals surface area contributed by atoms with Gasteiger partial charge in [-0.15, -0.1) is 0 Å². The van der Waals surface area contributed by atoms with Crippen molar-refractivity contribution in [3.8, 4) is 11.5 Å². The third-order valence-electron chi connectivity index (χ3n) is 3.71. The molecule has 0 saturated heterocycles. The van der Waals surface area contributed by atoms with Crippen molar-refractivity contribution in [2.75, 3.05) is 6.79 Å². The molecule has 4 nitrogen and oxygen atoms in total. The summed E-state index contributed by atoms with van der Waals surface area (Å²) in [6, 6.07) is 3.29. The molecule has 0 radical (unpaired) electrons. The molecular formula is C12H8F4O4. The van der Waals surface area contributed by atoms with Gasteiger partial charge in [0.05, 0.1) is 0 Å². The van der Waals surface area contributed by atoms with E-state index in [1.54, 1.807) is 0 Å². The van der Waals surface area contributed by atoms with Crippen LogP contribution < -0.4 is 9.47 Å². The Morgan fingerprint density at radius 2 is 1.80 bits per heavy atom. The molecule has 1 atom stereocenters. The minimum atomic E-state index is -4.67. The second kappa shape index (κ2) is 3.56. The Kier molecular flexibility index (Phi) is 2.31. The molecule has 1 heterocycles. The van der Waals surface area contributed by atoms with E-state index < -0.39 is 35.2 Å². The van der Waals surface area contributed by atoms with Crippen LogP contribution in [0.5, 0.6) is 11.5 Å². The summed E-state index contributed by atoms with van der Waals surface area (Å²) in [5.41, 5.74) is -3.37. The largest absolute Gasteiger partial charge is 0.480 e. The highest BCUT2D eigenvalue weighted by atomic mass is 19.3. The standard InChI is InChI=1S/C12H8F4O4/c13-11(14)4-10(9(17)18,12(11,15)16)6-1-2-7-8(3-6)20-5-19-7/h1-3H,4-5H2,(H,17,18)/t10-/m0/s1. The van der Waals surface area contributed by atoms with Crippen LogP contribution in [0.4, 0.5) is 17.6 Å². The molecule has 2 aliphatic rings. The number of alkyl halides is 4. The molecule has 0 unspecified atom stereocenters. The number of fused-ring (bicyclic) bond motifs is 1. The van der Waals surface area contributed by atoms with Crippen LogP contribution in [-0.2, 0) is 10.2 Å². The van der Waals surface area contributed by atoms with Gasteiger partial charge in [0.2, 0.25) is 6.79 Å². The van der Waals surface area contributed by atoms with Gasteiger partial charge in [-0.2, -0.15) is 17.6 Å². The lowest BCUT2D eigenvalue weighted by atomic mass is 9.58. The summed E-state index contributed by atoms with van der Waals surface area (Å²) < 4.78 is 63.5. The van der Waals surface area contributed by atoms with Gasteiger partial charge in [0.15, 0.2) is 16.9 Å². The third kappa shape index (κ3) is 1.28. The van der Waals surface area contributed by atoms with Crippen molar-refractivity contribution in [3.63, 3.8) is 0 Å². The molecule has 1 aliphatic carbocycles. The number of carboxylic acid groups (broad SMARTS) is 1. The minimum absolute atomic E-state index is 0.0640. The van der Waals surface area contributed by atoms with Crippen LogP contribution >= 0.6 is 0 Å². The van der Waals surface area contributed by atoms with Gasteiger partial charge >= 0.3 is 17.8 Å². The Morgan fingerprint density at radius 3 is 2.35 bits per heavy atom. The summed E-state index contributed by atoms with van der Waals surface area (Å²) in [5.74, 6) is -10.7. The first-order valence-corrected chi connectivity index (χ1v) is 5.61. The highest BCUT2D eigenvalue weighted by molar-refractivity contribution is 5.86. The first-order valence-electron chi connectivity index (χ1n) is 5.61. The van der Waals surface area contributed by atoms with Crippen LogP contribution in [0.15, 0.2) is 18.2 Å². The van der Waals surface area contributed by atoms with Crippen LogP contribution in [0.2, 0.25) is 0 Å². The Hall–Kier alpha value is -1.99. The smallest absolute Gasteiger partial charge is 0.330 e. The van der Waals surface area contributed by atoms with Gasteiger partial charge in [-0.05, 0) is 17.7 Å². The molecule has 108 valence electrons. The highest BCUT2D eigenvalue weighted by Gasteiger charge is 2.84. The van der Waals surface area contributed by atoms with Crippen molar-refractivity contribution in [1.82, 2.24) is 0 Å². The Labute approximate surface area is 109 Å². The van der Waals surface area contributed by atoms with Gasteiger partial charge in [0, 0.05) is 6.42 Å². The number of rotatable bonds is 2. The SMILES string of the molecule is O=C(O)[C@@]1(c2ccc3c(c2)OCO3)CC(F)(F)C1(F)F. The maximum atomic E-state index is 13.7. The molecule has 1 fully saturated rings. The molecule has 0 spiro atoms. The molecule has 0 amide bonds. The Morgan fingerprint density at radius 1 is 1.15 bits per heavy atom. The van der Waals surface area contributed by atoms with Crippen LogP contribution in [-0.4, -0.2) is 29.7 Å². The molecule has 1 aromatic carbocycles. The zero-order chi connectivity index (χ0) is 14.8. The van der Waals surface area contributed by atoms with Gasteiger partial charge in [0.25, 0.3) is 0 Å². The highest BCUT2D eigenvalue weighted by Crippen LogP contribution is 2.64. The second-order valence-corrected chi connectivity index (χ2v) is 4.73. The Bertz CT molecular complexity index is 601. The lowest BCUT2D eigenvalue weighted by molar-refractivity contribution is -0.322. The quantitative estimate of drug-likeness (QED) is 0.850. The van der Waals surface area contributed by atoms with Gasteiger partial charge in [-0.25, -0.2) is 0 Å². The maximum Gasteiger partial charge on any atom is 0.330 e. The number of ether oxygens (including phenoxy) is 2. The van der Waals surface area contributed by atoms with Crippen LogP contribution in [0.25, 0.3) is 0 Å². The van der Waals surface area contributed by atoms with Gasteiger partial charge < -0.3 is 14.6 Å². The number of carbonyl (C=O) groups is 1. The van der Waals surface area contributed by atoms with Crippen molar-refractivity contribution in [2.24, 2.45) is 0 Å². The topological polar surface area (TPSA) is 55.8 Å². The fourth-order valence-corrected chi connectivity index (χ4v) is 2.54. The van der Waals surface area contributed by atoms with E-state index in [4.69, 9.17) is 14.6 Å². The van der Waals surface area contributed by atoms with E-state index in [-0.39, 0.29) is 18.3 Å². The van der Waals surface area contributed by atoms with Crippen molar-refractivity contribution in [1.29, 1.82) is 0 Å². The molecule has 0 bridgehead atoms. The predicted molar refractivity (Wildman–Crippen MR) is 56.4 cm³/mol. The van der Waals surface area contributed by atoms with Gasteiger partial charge in [-0.1, -0.05) is 6.07 Å². The van der Waals surface area contributed by atoms with Crippen LogP contribution in [0.1, 0.15) is 12.0 Å². The summed E-state index contributed by atoms with van der Waals surface area (Å²) in [6.07, 6.45) is -1.46. The zero-order valence-electron chi connectivity index (χ0n) is 9.83. The molecule has 1 saturated carbocycles. The lowest BCUT2D eigenvalue weighted by Gasteiger charge is -2.51. The number of benzene rings is 1. The zero-order valence-corrected chi connectivity index (χ0v) is 9.83. The molecule has 0 aromatic heterocycles. The van der Waals surface area contributed by atoms with E-state index in [2.05, 4.69) is 0 Å². The third-order valence-corrected chi connectivity index (χ3v) is 3.71. The van der Waals surface area contributed by atoms with Crippen LogP contribution in [0, 0.1) is 0 Å². The minimum Gasteiger partial charge on any atom is -0.480 e. The molecule has 3 rings (SSSR count). The first-order chi connectivity index (χ1) is 9.22. The van der Waals surface area contributed by atoms with Gasteiger partial charge in [-0.3, -0.25) is 4.79 Å². The van der Waals surface area contributed by atoms with E-state index in [0.717, 1.165) is 12.1 Å². The van der Waals surface area contributed by atoms with E-state index in [9.17, 15) is 22.4 Å². The van der Waals surface area contributed by atoms with E-state index in [1.165, 1.54) is 6.07 Å². The average molecular weight is 292 g/mol. The van der Waals surface area contributed by atoms with E-state index in [1.807, 2.05) is 0 Å². The van der Waals surface area contributed by atoms with Crippen molar-refractivity contribution in [2.45, 2.75) is 23.7 Å². The lowest BCUT2D eigenvalue weighted by Crippen LogP contribution is -2.72. The molecule has 1 aromatic rings. The summed E-state index contributed by atoms with van der Waals surface area (Å²) in [5, 5.41) is 9.07. The van der Waals surface area contributed by atoms with E-state index in [0.29, 0.717) is 0 Å². The summed E-state index contributed by atoms with van der Waals surface area (Å²) in [6.45, 7) is -0.134. The number of aliphatic carboxylic acids is 1. The normalized spacial score (nSPS) is 28.8. The Balaban J connectivity index is 2.12. The number of halogens is 4. The molecular weight excluding hydrogens is 284 g/mol. The second-order valence-electron chi connectivity index (χ2n) is 4.73. The molecule has 1 aliphatic heterocycles. The molecule has 8 heteroatoms. The number of hydrogen-bond acceptors (Lipinski definition) is 3. The van der Waals surface area contributed by atoms with Crippen molar-refractivity contribution < 1.29 is 36.9 Å². The van der Waals surface area contributed by atoms with Crippen molar-refractivity contribution >= 4 is 5.97 Å². The molecule has 1 N–H and O–H groups in total. The predicted octanol–water partition coefficient (Wildman–Crippen LogP) is 2.41.